The maximum atomic E-state index is 9.46. The first-order valence-corrected chi connectivity index (χ1v) is 7.45. The van der Waals surface area contributed by atoms with Gasteiger partial charge < -0.3 is 15.2 Å². The van der Waals surface area contributed by atoms with E-state index in [4.69, 9.17) is 21.6 Å². The van der Waals surface area contributed by atoms with Gasteiger partial charge in [0.1, 0.15) is 18.4 Å². The number of anilines is 1. The average Bonchev–Trinajstić information content (AvgIpc) is 2.58. The molecule has 0 aliphatic heterocycles. The lowest BCUT2D eigenvalue weighted by molar-refractivity contribution is 0.211. The minimum atomic E-state index is -0.619. The normalized spacial score (nSPS) is 11.5. The van der Waals surface area contributed by atoms with Crippen LogP contribution in [0.25, 0.3) is 0 Å². The van der Waals surface area contributed by atoms with Gasteiger partial charge in [0.25, 0.3) is 0 Å². The van der Waals surface area contributed by atoms with E-state index in [0.29, 0.717) is 24.5 Å². The second-order valence-corrected chi connectivity index (χ2v) is 5.09. The monoisotopic (exact) mass is 316 g/mol. The van der Waals surface area contributed by atoms with Crippen molar-refractivity contribution in [1.82, 2.24) is 0 Å². The van der Waals surface area contributed by atoms with E-state index >= 15 is 0 Å². The predicted molar refractivity (Wildman–Crippen MR) is 87.1 cm³/mol. The van der Waals surface area contributed by atoms with Crippen LogP contribution < -0.4 is 10.1 Å². The standard InChI is InChI=1S/C17H17ClN2O2/c18-9-16(21)11-20-15-7-6-14(10-19)17(8-15)22-12-13-4-2-1-3-5-13/h1-8,16,20-21H,9,11-12H2. The highest BCUT2D eigenvalue weighted by molar-refractivity contribution is 6.18. The van der Waals surface area contributed by atoms with E-state index in [1.165, 1.54) is 0 Å². The number of hydrogen-bond acceptors (Lipinski definition) is 4. The van der Waals surface area contributed by atoms with Crippen molar-refractivity contribution in [1.29, 1.82) is 5.26 Å². The van der Waals surface area contributed by atoms with E-state index < -0.39 is 6.10 Å². The molecule has 0 amide bonds. The Morgan fingerprint density at radius 1 is 1.23 bits per heavy atom. The molecule has 2 aromatic rings. The van der Waals surface area contributed by atoms with Crippen molar-refractivity contribution in [2.75, 3.05) is 17.7 Å². The van der Waals surface area contributed by atoms with Gasteiger partial charge in [-0.1, -0.05) is 30.3 Å². The SMILES string of the molecule is N#Cc1ccc(NCC(O)CCl)cc1OCc1ccccc1. The van der Waals surface area contributed by atoms with Gasteiger partial charge >= 0.3 is 0 Å². The number of nitrogens with one attached hydrogen (secondary N) is 1. The van der Waals surface area contributed by atoms with E-state index in [1.54, 1.807) is 18.2 Å². The van der Waals surface area contributed by atoms with E-state index in [2.05, 4.69) is 11.4 Å². The third kappa shape index (κ3) is 4.66. The number of nitrogens with zero attached hydrogens (tertiary/aromatic N) is 1. The molecule has 1 unspecified atom stereocenters. The molecule has 114 valence electrons. The van der Waals surface area contributed by atoms with E-state index in [1.807, 2.05) is 30.3 Å². The molecule has 0 aromatic heterocycles. The second kappa shape index (κ2) is 8.28. The Bertz CT molecular complexity index is 641. The zero-order valence-corrected chi connectivity index (χ0v) is 12.8. The molecule has 2 aromatic carbocycles. The number of ether oxygens (including phenoxy) is 1. The Kier molecular flexibility index (Phi) is 6.08. The zero-order valence-electron chi connectivity index (χ0n) is 12.0. The van der Waals surface area contributed by atoms with Gasteiger partial charge in [0.15, 0.2) is 0 Å². The predicted octanol–water partition coefficient (Wildman–Crippen LogP) is 3.15. The van der Waals surface area contributed by atoms with Crippen LogP contribution in [0.4, 0.5) is 5.69 Å². The lowest BCUT2D eigenvalue weighted by atomic mass is 10.2. The van der Waals surface area contributed by atoms with Gasteiger partial charge in [-0.15, -0.1) is 11.6 Å². The van der Waals surface area contributed by atoms with Gasteiger partial charge in [0.05, 0.1) is 17.5 Å². The largest absolute Gasteiger partial charge is 0.487 e. The first-order valence-electron chi connectivity index (χ1n) is 6.91. The Hall–Kier alpha value is -2.22. The van der Waals surface area contributed by atoms with Crippen molar-refractivity contribution in [3.8, 4) is 11.8 Å². The summed E-state index contributed by atoms with van der Waals surface area (Å²) in [5.41, 5.74) is 2.27. The number of aliphatic hydroxyl groups is 1. The van der Waals surface area contributed by atoms with Gasteiger partial charge in [0.2, 0.25) is 0 Å². The summed E-state index contributed by atoms with van der Waals surface area (Å²) in [6, 6.07) is 17.1. The molecule has 2 N–H and O–H groups in total. The molecule has 0 radical (unpaired) electrons. The minimum Gasteiger partial charge on any atom is -0.487 e. The van der Waals surface area contributed by atoms with Crippen LogP contribution in [0.2, 0.25) is 0 Å². The molecule has 0 fully saturated rings. The summed E-state index contributed by atoms with van der Waals surface area (Å²) in [5, 5.41) is 21.7. The minimum absolute atomic E-state index is 0.167. The van der Waals surface area contributed by atoms with Crippen LogP contribution in [0.15, 0.2) is 48.5 Å². The highest BCUT2D eigenvalue weighted by atomic mass is 35.5. The van der Waals surface area contributed by atoms with E-state index in [-0.39, 0.29) is 5.88 Å². The second-order valence-electron chi connectivity index (χ2n) is 4.79. The van der Waals surface area contributed by atoms with Gasteiger partial charge in [-0.2, -0.15) is 5.26 Å². The van der Waals surface area contributed by atoms with Gasteiger partial charge in [-0.05, 0) is 17.7 Å². The molecule has 0 aliphatic carbocycles. The summed E-state index contributed by atoms with van der Waals surface area (Å²) < 4.78 is 5.74. The molecule has 0 heterocycles. The number of alkyl halides is 1. The van der Waals surface area contributed by atoms with Gasteiger partial charge in [-0.3, -0.25) is 0 Å². The maximum Gasteiger partial charge on any atom is 0.139 e. The number of halogens is 1. The summed E-state index contributed by atoms with van der Waals surface area (Å²) in [7, 11) is 0. The Balaban J connectivity index is 2.06. The summed E-state index contributed by atoms with van der Waals surface area (Å²) in [6.45, 7) is 0.733. The van der Waals surface area contributed by atoms with Crippen LogP contribution in [0.1, 0.15) is 11.1 Å². The molecular weight excluding hydrogens is 300 g/mol. The Morgan fingerprint density at radius 2 is 2.00 bits per heavy atom. The number of rotatable bonds is 7. The first kappa shape index (κ1) is 16.2. The average molecular weight is 317 g/mol. The van der Waals surface area contributed by atoms with Crippen LogP contribution in [-0.2, 0) is 6.61 Å². The third-order valence-electron chi connectivity index (χ3n) is 3.06. The van der Waals surface area contributed by atoms with Crippen molar-refractivity contribution in [2.24, 2.45) is 0 Å². The fourth-order valence-electron chi connectivity index (χ4n) is 1.87. The highest BCUT2D eigenvalue weighted by Gasteiger charge is 2.07. The first-order chi connectivity index (χ1) is 10.7. The summed E-state index contributed by atoms with van der Waals surface area (Å²) in [6.07, 6.45) is -0.619. The fourth-order valence-corrected chi connectivity index (χ4v) is 1.98. The van der Waals surface area contributed by atoms with Crippen molar-refractivity contribution in [3.63, 3.8) is 0 Å². The molecule has 5 heteroatoms. The molecule has 0 aliphatic rings. The molecule has 22 heavy (non-hydrogen) atoms. The van der Waals surface area contributed by atoms with E-state index in [9.17, 15) is 5.11 Å². The molecular formula is C17H17ClN2O2. The zero-order chi connectivity index (χ0) is 15.8. The topological polar surface area (TPSA) is 65.3 Å². The molecule has 1 atom stereocenters. The Morgan fingerprint density at radius 3 is 2.68 bits per heavy atom. The van der Waals surface area contributed by atoms with Crippen LogP contribution in [0.3, 0.4) is 0 Å². The Labute approximate surface area is 134 Å². The third-order valence-corrected chi connectivity index (χ3v) is 3.42. The van der Waals surface area contributed by atoms with Crippen molar-refractivity contribution >= 4 is 17.3 Å². The van der Waals surface area contributed by atoms with Crippen molar-refractivity contribution < 1.29 is 9.84 Å². The number of benzene rings is 2. The number of nitriles is 1. The van der Waals surface area contributed by atoms with Gasteiger partial charge in [-0.25, -0.2) is 0 Å². The molecule has 0 bridgehead atoms. The van der Waals surface area contributed by atoms with Crippen LogP contribution in [0.5, 0.6) is 5.75 Å². The van der Waals surface area contributed by atoms with Crippen LogP contribution in [0, 0.1) is 11.3 Å². The molecule has 0 spiro atoms. The van der Waals surface area contributed by atoms with Crippen molar-refractivity contribution in [3.05, 3.63) is 59.7 Å². The van der Waals surface area contributed by atoms with Crippen molar-refractivity contribution in [2.45, 2.75) is 12.7 Å². The fraction of sp³-hybridized carbons (Fsp3) is 0.235. The summed E-state index contributed by atoms with van der Waals surface area (Å²) in [5.74, 6) is 0.678. The smallest absolute Gasteiger partial charge is 0.139 e. The summed E-state index contributed by atoms with van der Waals surface area (Å²) in [4.78, 5) is 0. The lowest BCUT2D eigenvalue weighted by Gasteiger charge is -2.13. The van der Waals surface area contributed by atoms with Gasteiger partial charge in [0, 0.05) is 18.3 Å². The molecule has 0 saturated carbocycles. The molecule has 4 nitrogen and oxygen atoms in total. The van der Waals surface area contributed by atoms with E-state index in [0.717, 1.165) is 11.3 Å². The number of hydrogen-bond donors (Lipinski definition) is 2. The molecule has 2 rings (SSSR count). The number of aliphatic hydroxyl groups excluding tert-OH is 1. The molecule has 0 saturated heterocycles. The van der Waals surface area contributed by atoms with Crippen LogP contribution >= 0.6 is 11.6 Å². The highest BCUT2D eigenvalue weighted by Crippen LogP contribution is 2.24. The summed E-state index contributed by atoms with van der Waals surface area (Å²) >= 11 is 5.56. The maximum absolute atomic E-state index is 9.46. The quantitative estimate of drug-likeness (QED) is 0.770. The van der Waals surface area contributed by atoms with Crippen LogP contribution in [-0.4, -0.2) is 23.6 Å². The lowest BCUT2D eigenvalue weighted by Crippen LogP contribution is -2.20.